The van der Waals surface area contributed by atoms with Gasteiger partial charge in [-0.25, -0.2) is 0 Å². The Kier molecular flexibility index (Phi) is 5.94. The van der Waals surface area contributed by atoms with Crippen LogP contribution in [0.15, 0.2) is 36.4 Å². The minimum atomic E-state index is 0.135. The first kappa shape index (κ1) is 19.6. The molecular weight excluding hydrogens is 366 g/mol. The molecule has 0 unspecified atom stereocenters. The van der Waals surface area contributed by atoms with Crippen molar-refractivity contribution in [2.75, 3.05) is 58.3 Å². The number of ether oxygens (including phenoxy) is 1. The van der Waals surface area contributed by atoms with Crippen LogP contribution in [0.2, 0.25) is 0 Å². The van der Waals surface area contributed by atoms with E-state index in [1.54, 1.807) is 7.11 Å². The molecule has 7 nitrogen and oxygen atoms in total. The Morgan fingerprint density at radius 2 is 1.69 bits per heavy atom. The number of para-hydroxylation sites is 1. The Morgan fingerprint density at radius 1 is 0.966 bits per heavy atom. The molecule has 3 heterocycles. The van der Waals surface area contributed by atoms with Gasteiger partial charge in [-0.3, -0.25) is 4.79 Å². The fourth-order valence-electron chi connectivity index (χ4n) is 4.13. The van der Waals surface area contributed by atoms with Crippen molar-refractivity contribution in [1.29, 1.82) is 0 Å². The second-order valence-corrected chi connectivity index (χ2v) is 7.87. The Hall–Kier alpha value is -2.67. The van der Waals surface area contributed by atoms with E-state index in [1.807, 2.05) is 41.3 Å². The van der Waals surface area contributed by atoms with E-state index < -0.39 is 0 Å². The first-order chi connectivity index (χ1) is 14.2. The molecule has 1 aromatic carbocycles. The summed E-state index contributed by atoms with van der Waals surface area (Å²) in [5, 5.41) is 8.86. The van der Waals surface area contributed by atoms with Crippen molar-refractivity contribution in [2.24, 2.45) is 5.92 Å². The topological polar surface area (TPSA) is 61.8 Å². The first-order valence-electron chi connectivity index (χ1n) is 10.3. The van der Waals surface area contributed by atoms with Gasteiger partial charge < -0.3 is 19.4 Å². The third-order valence-corrected chi connectivity index (χ3v) is 6.02. The van der Waals surface area contributed by atoms with Crippen LogP contribution < -0.4 is 9.64 Å². The van der Waals surface area contributed by atoms with Gasteiger partial charge in [-0.15, -0.1) is 10.2 Å². The van der Waals surface area contributed by atoms with Gasteiger partial charge in [0.25, 0.3) is 0 Å². The van der Waals surface area contributed by atoms with Crippen LogP contribution in [0, 0.1) is 5.92 Å². The molecule has 2 aliphatic heterocycles. The standard InChI is InChI=1S/C22H29N5O2/c1-25-13-15-27(16-14-25)22(28)17-9-11-26(12-10-17)21-8-7-19(23-24-21)18-5-3-4-6-20(18)29-2/h3-8,17H,9-16H2,1-2H3. The van der Waals surface area contributed by atoms with Crippen LogP contribution in [0.5, 0.6) is 5.75 Å². The molecule has 0 radical (unpaired) electrons. The van der Waals surface area contributed by atoms with Crippen molar-refractivity contribution in [3.63, 3.8) is 0 Å². The highest BCUT2D eigenvalue weighted by Crippen LogP contribution is 2.29. The summed E-state index contributed by atoms with van der Waals surface area (Å²) >= 11 is 0. The van der Waals surface area contributed by atoms with E-state index in [9.17, 15) is 4.79 Å². The number of anilines is 1. The van der Waals surface area contributed by atoms with Crippen LogP contribution in [-0.2, 0) is 4.79 Å². The van der Waals surface area contributed by atoms with Crippen LogP contribution in [-0.4, -0.2) is 79.3 Å². The summed E-state index contributed by atoms with van der Waals surface area (Å²) in [7, 11) is 3.77. The molecule has 154 valence electrons. The fraction of sp³-hybridized carbons (Fsp3) is 0.500. The zero-order chi connectivity index (χ0) is 20.2. The Labute approximate surface area is 172 Å². The number of likely N-dealkylation sites (N-methyl/N-ethyl adjacent to an activating group) is 1. The second-order valence-electron chi connectivity index (χ2n) is 7.87. The van der Waals surface area contributed by atoms with E-state index >= 15 is 0 Å². The number of carbonyl (C=O) groups is 1. The van der Waals surface area contributed by atoms with Crippen LogP contribution in [0.25, 0.3) is 11.3 Å². The van der Waals surface area contributed by atoms with Gasteiger partial charge in [0, 0.05) is 50.7 Å². The lowest BCUT2D eigenvalue weighted by Crippen LogP contribution is -2.50. The lowest BCUT2D eigenvalue weighted by Gasteiger charge is -2.37. The van der Waals surface area contributed by atoms with Crippen molar-refractivity contribution in [3.8, 4) is 17.0 Å². The van der Waals surface area contributed by atoms with Gasteiger partial charge >= 0.3 is 0 Å². The maximum atomic E-state index is 12.8. The summed E-state index contributed by atoms with van der Waals surface area (Å²) in [6.07, 6.45) is 1.75. The number of methoxy groups -OCH3 is 1. The fourth-order valence-corrected chi connectivity index (χ4v) is 4.13. The van der Waals surface area contributed by atoms with Crippen molar-refractivity contribution in [3.05, 3.63) is 36.4 Å². The van der Waals surface area contributed by atoms with Crippen LogP contribution in [0.3, 0.4) is 0 Å². The lowest BCUT2D eigenvalue weighted by molar-refractivity contribution is -0.137. The number of piperazine rings is 1. The molecule has 2 saturated heterocycles. The van der Waals surface area contributed by atoms with E-state index in [0.717, 1.165) is 74.9 Å². The van der Waals surface area contributed by atoms with Gasteiger partial charge in [0.1, 0.15) is 5.75 Å². The Balaban J connectivity index is 1.36. The summed E-state index contributed by atoms with van der Waals surface area (Å²) in [4.78, 5) is 19.4. The molecular formula is C22H29N5O2. The molecule has 2 aromatic rings. The van der Waals surface area contributed by atoms with E-state index in [0.29, 0.717) is 5.91 Å². The lowest BCUT2D eigenvalue weighted by atomic mass is 9.95. The van der Waals surface area contributed by atoms with Gasteiger partial charge in [0.05, 0.1) is 12.8 Å². The summed E-state index contributed by atoms with van der Waals surface area (Å²) in [5.41, 5.74) is 1.73. The normalized spacial score (nSPS) is 18.7. The quantitative estimate of drug-likeness (QED) is 0.791. The number of piperidine rings is 1. The molecule has 0 N–H and O–H groups in total. The average Bonchev–Trinajstić information content (AvgIpc) is 2.79. The minimum Gasteiger partial charge on any atom is -0.496 e. The molecule has 0 bridgehead atoms. The zero-order valence-electron chi connectivity index (χ0n) is 17.3. The third-order valence-electron chi connectivity index (χ3n) is 6.02. The number of hydrogen-bond donors (Lipinski definition) is 0. The predicted octanol–water partition coefficient (Wildman–Crippen LogP) is 2.14. The number of rotatable bonds is 4. The summed E-state index contributed by atoms with van der Waals surface area (Å²) in [6, 6.07) is 11.8. The third kappa shape index (κ3) is 4.34. The van der Waals surface area contributed by atoms with Gasteiger partial charge in [0.15, 0.2) is 5.82 Å². The second kappa shape index (κ2) is 8.78. The molecule has 2 aliphatic rings. The van der Waals surface area contributed by atoms with Gasteiger partial charge in [-0.05, 0) is 44.2 Å². The highest BCUT2D eigenvalue weighted by atomic mass is 16.5. The molecule has 7 heteroatoms. The predicted molar refractivity (Wildman–Crippen MR) is 113 cm³/mol. The van der Waals surface area contributed by atoms with Crippen molar-refractivity contribution in [2.45, 2.75) is 12.8 Å². The van der Waals surface area contributed by atoms with Crippen LogP contribution >= 0.6 is 0 Å². The number of aromatic nitrogens is 2. The largest absolute Gasteiger partial charge is 0.496 e. The highest BCUT2D eigenvalue weighted by molar-refractivity contribution is 5.79. The molecule has 2 fully saturated rings. The molecule has 0 aliphatic carbocycles. The van der Waals surface area contributed by atoms with E-state index in [2.05, 4.69) is 27.0 Å². The minimum absolute atomic E-state index is 0.135. The van der Waals surface area contributed by atoms with Crippen molar-refractivity contribution >= 4 is 11.7 Å². The van der Waals surface area contributed by atoms with E-state index in [1.165, 1.54) is 0 Å². The van der Waals surface area contributed by atoms with Crippen molar-refractivity contribution < 1.29 is 9.53 Å². The molecule has 0 spiro atoms. The Bertz CT molecular complexity index is 825. The summed E-state index contributed by atoms with van der Waals surface area (Å²) in [6.45, 7) is 5.33. The molecule has 29 heavy (non-hydrogen) atoms. The van der Waals surface area contributed by atoms with Gasteiger partial charge in [0.2, 0.25) is 5.91 Å². The Morgan fingerprint density at radius 3 is 2.34 bits per heavy atom. The van der Waals surface area contributed by atoms with Gasteiger partial charge in [-0.1, -0.05) is 12.1 Å². The number of amides is 1. The molecule has 0 atom stereocenters. The maximum Gasteiger partial charge on any atom is 0.225 e. The summed E-state index contributed by atoms with van der Waals surface area (Å²) in [5.74, 6) is 2.12. The number of nitrogens with zero attached hydrogens (tertiary/aromatic N) is 5. The molecule has 4 rings (SSSR count). The maximum absolute atomic E-state index is 12.8. The SMILES string of the molecule is COc1ccccc1-c1ccc(N2CCC(C(=O)N3CCN(C)CC3)CC2)nn1. The molecule has 0 saturated carbocycles. The van der Waals surface area contributed by atoms with E-state index in [-0.39, 0.29) is 5.92 Å². The summed E-state index contributed by atoms with van der Waals surface area (Å²) < 4.78 is 5.42. The monoisotopic (exact) mass is 395 g/mol. The number of benzene rings is 1. The smallest absolute Gasteiger partial charge is 0.225 e. The van der Waals surface area contributed by atoms with E-state index in [4.69, 9.17) is 4.74 Å². The number of hydrogen-bond acceptors (Lipinski definition) is 6. The average molecular weight is 396 g/mol. The highest BCUT2D eigenvalue weighted by Gasteiger charge is 2.30. The van der Waals surface area contributed by atoms with Crippen LogP contribution in [0.4, 0.5) is 5.82 Å². The first-order valence-corrected chi connectivity index (χ1v) is 10.3. The zero-order valence-corrected chi connectivity index (χ0v) is 17.3. The molecule has 1 aromatic heterocycles. The molecule has 1 amide bonds. The van der Waals surface area contributed by atoms with Gasteiger partial charge in [-0.2, -0.15) is 0 Å². The van der Waals surface area contributed by atoms with Crippen molar-refractivity contribution in [1.82, 2.24) is 20.0 Å². The number of carbonyl (C=O) groups excluding carboxylic acids is 1. The van der Waals surface area contributed by atoms with Crippen LogP contribution in [0.1, 0.15) is 12.8 Å².